The molecule has 1 saturated carbocycles. The van der Waals surface area contributed by atoms with Crippen molar-refractivity contribution in [2.45, 2.75) is 17.1 Å². The molecule has 0 spiro atoms. The van der Waals surface area contributed by atoms with Crippen LogP contribution < -0.4 is 20.9 Å². The number of thiophene rings is 1. The lowest BCUT2D eigenvalue weighted by Crippen LogP contribution is -2.34. The Balaban J connectivity index is 1.32. The maximum Gasteiger partial charge on any atom is 0.333 e. The van der Waals surface area contributed by atoms with E-state index in [0.29, 0.717) is 16.7 Å². The SMILES string of the molecule is O=C(Nc1ccc(-n2c(O)c3ccc(NCC4CC4)cc3cc2=O)nc1)NS(=O)(=O)c1ccc(Cl)s1. The van der Waals surface area contributed by atoms with Crippen molar-refractivity contribution in [3.63, 3.8) is 0 Å². The Labute approximate surface area is 214 Å². The number of pyridine rings is 2. The third-order valence-electron chi connectivity index (χ3n) is 5.57. The summed E-state index contributed by atoms with van der Waals surface area (Å²) in [6, 6.07) is 11.4. The van der Waals surface area contributed by atoms with Crippen molar-refractivity contribution < 1.29 is 18.3 Å². The number of carbonyl (C=O) groups excluding carboxylic acids is 1. The highest BCUT2D eigenvalue weighted by molar-refractivity contribution is 7.92. The fraction of sp³-hybridized carbons (Fsp3) is 0.174. The normalized spacial score (nSPS) is 13.5. The number of urea groups is 1. The van der Waals surface area contributed by atoms with E-state index in [1.54, 1.807) is 6.07 Å². The Morgan fingerprint density at radius 1 is 1.14 bits per heavy atom. The molecule has 1 aliphatic rings. The second kappa shape index (κ2) is 9.45. The van der Waals surface area contributed by atoms with Crippen molar-refractivity contribution in [1.82, 2.24) is 14.3 Å². The van der Waals surface area contributed by atoms with Crippen LogP contribution in [0.5, 0.6) is 5.88 Å². The molecule has 4 N–H and O–H groups in total. The quantitative estimate of drug-likeness (QED) is 0.273. The van der Waals surface area contributed by atoms with Crippen LogP contribution in [0.2, 0.25) is 4.34 Å². The van der Waals surface area contributed by atoms with Gasteiger partial charge in [-0.2, -0.15) is 0 Å². The number of nitrogens with zero attached hydrogens (tertiary/aromatic N) is 2. The summed E-state index contributed by atoms with van der Waals surface area (Å²) in [4.78, 5) is 29.1. The van der Waals surface area contributed by atoms with Crippen molar-refractivity contribution in [1.29, 1.82) is 0 Å². The molecule has 4 aromatic rings. The molecule has 0 radical (unpaired) electrons. The fourth-order valence-corrected chi connectivity index (χ4v) is 5.98. The van der Waals surface area contributed by atoms with Crippen LogP contribution in [0.1, 0.15) is 12.8 Å². The molecule has 186 valence electrons. The van der Waals surface area contributed by atoms with E-state index in [-0.39, 0.29) is 25.9 Å². The molecule has 0 unspecified atom stereocenters. The van der Waals surface area contributed by atoms with Gasteiger partial charge in [0.15, 0.2) is 0 Å². The van der Waals surface area contributed by atoms with E-state index in [9.17, 15) is 23.1 Å². The molecule has 0 bridgehead atoms. The van der Waals surface area contributed by atoms with Gasteiger partial charge in [-0.15, -0.1) is 11.3 Å². The minimum Gasteiger partial charge on any atom is -0.494 e. The first kappa shape index (κ1) is 24.1. The zero-order valence-corrected chi connectivity index (χ0v) is 21.0. The van der Waals surface area contributed by atoms with Crippen molar-refractivity contribution in [2.24, 2.45) is 5.92 Å². The molecule has 5 rings (SSSR count). The van der Waals surface area contributed by atoms with Crippen molar-refractivity contribution >= 4 is 61.1 Å². The number of fused-ring (bicyclic) bond motifs is 1. The summed E-state index contributed by atoms with van der Waals surface area (Å²) in [6.45, 7) is 0.880. The molecular formula is C23H20ClN5O5S2. The Kier molecular flexibility index (Phi) is 6.33. The first-order valence-electron chi connectivity index (χ1n) is 10.9. The lowest BCUT2D eigenvalue weighted by molar-refractivity contribution is 0.256. The third kappa shape index (κ3) is 5.15. The van der Waals surface area contributed by atoms with Crippen LogP contribution in [-0.4, -0.2) is 35.7 Å². The molecule has 0 saturated heterocycles. The molecule has 2 amide bonds. The van der Waals surface area contributed by atoms with E-state index in [4.69, 9.17) is 11.6 Å². The predicted octanol–water partition coefficient (Wildman–Crippen LogP) is 4.14. The van der Waals surface area contributed by atoms with Crippen LogP contribution in [0, 0.1) is 5.92 Å². The van der Waals surface area contributed by atoms with Gasteiger partial charge in [0.25, 0.3) is 15.6 Å². The number of hydrogen-bond donors (Lipinski definition) is 4. The average molecular weight is 546 g/mol. The largest absolute Gasteiger partial charge is 0.494 e. The van der Waals surface area contributed by atoms with Crippen LogP contribution in [0.3, 0.4) is 0 Å². The standard InChI is InChI=1S/C23H20ClN5O5S2/c24-18-6-8-21(35-18)36(33,34)28-23(32)27-16-4-7-19(26-12-16)29-20(30)10-14-9-15(25-11-13-1-2-13)3-5-17(14)22(29)31/h3-10,12-13,25,31H,1-2,11H2,(H2,27,28,32). The summed E-state index contributed by atoms with van der Waals surface area (Å²) in [5.74, 6) is 0.557. The van der Waals surface area contributed by atoms with Gasteiger partial charge in [-0.1, -0.05) is 11.6 Å². The van der Waals surface area contributed by atoms with Crippen molar-refractivity contribution in [3.05, 3.63) is 69.4 Å². The molecule has 10 nitrogen and oxygen atoms in total. The highest BCUT2D eigenvalue weighted by Gasteiger charge is 2.21. The summed E-state index contributed by atoms with van der Waals surface area (Å²) in [5.41, 5.74) is 0.573. The summed E-state index contributed by atoms with van der Waals surface area (Å²) in [5, 5.41) is 17.6. The maximum absolute atomic E-state index is 12.8. The van der Waals surface area contributed by atoms with Crippen molar-refractivity contribution in [2.75, 3.05) is 17.2 Å². The summed E-state index contributed by atoms with van der Waals surface area (Å²) in [6.07, 6.45) is 3.69. The van der Waals surface area contributed by atoms with Crippen LogP contribution in [-0.2, 0) is 10.0 Å². The van der Waals surface area contributed by atoms with E-state index < -0.39 is 21.6 Å². The molecular weight excluding hydrogens is 526 g/mol. The Hall–Kier alpha value is -3.61. The second-order valence-electron chi connectivity index (χ2n) is 8.29. The Bertz CT molecular complexity index is 1630. The third-order valence-corrected chi connectivity index (χ3v) is 8.62. The van der Waals surface area contributed by atoms with Gasteiger partial charge in [-0.25, -0.2) is 27.5 Å². The van der Waals surface area contributed by atoms with E-state index >= 15 is 0 Å². The molecule has 1 fully saturated rings. The number of carbonyl (C=O) groups is 1. The Morgan fingerprint density at radius 3 is 2.58 bits per heavy atom. The molecule has 0 atom stereocenters. The van der Waals surface area contributed by atoms with Gasteiger partial charge < -0.3 is 15.7 Å². The van der Waals surface area contributed by atoms with E-state index in [0.717, 1.165) is 28.1 Å². The first-order chi connectivity index (χ1) is 17.2. The van der Waals surface area contributed by atoms with Gasteiger partial charge in [-0.05, 0) is 66.6 Å². The van der Waals surface area contributed by atoms with Gasteiger partial charge in [0, 0.05) is 23.7 Å². The van der Waals surface area contributed by atoms with Crippen LogP contribution in [0.4, 0.5) is 16.2 Å². The number of sulfonamides is 1. The van der Waals surface area contributed by atoms with E-state index in [1.165, 1.54) is 49.4 Å². The molecule has 0 aliphatic heterocycles. The molecule has 13 heteroatoms. The van der Waals surface area contributed by atoms with Gasteiger partial charge in [0.05, 0.1) is 16.2 Å². The highest BCUT2D eigenvalue weighted by atomic mass is 35.5. The molecule has 1 aromatic carbocycles. The minimum absolute atomic E-state index is 0.104. The summed E-state index contributed by atoms with van der Waals surface area (Å²) in [7, 11) is -4.08. The van der Waals surface area contributed by atoms with Gasteiger partial charge >= 0.3 is 6.03 Å². The number of hydrogen-bond acceptors (Lipinski definition) is 8. The van der Waals surface area contributed by atoms with Crippen LogP contribution in [0.15, 0.2) is 63.7 Å². The maximum atomic E-state index is 12.8. The lowest BCUT2D eigenvalue weighted by atomic mass is 10.1. The zero-order chi connectivity index (χ0) is 25.4. The molecule has 36 heavy (non-hydrogen) atoms. The fourth-order valence-electron chi connectivity index (χ4n) is 3.59. The zero-order valence-electron chi connectivity index (χ0n) is 18.6. The summed E-state index contributed by atoms with van der Waals surface area (Å²) < 4.78 is 27.6. The topological polar surface area (TPSA) is 142 Å². The smallest absolute Gasteiger partial charge is 0.333 e. The predicted molar refractivity (Wildman–Crippen MR) is 139 cm³/mol. The van der Waals surface area contributed by atoms with E-state index in [2.05, 4.69) is 15.6 Å². The highest BCUT2D eigenvalue weighted by Crippen LogP contribution is 2.31. The number of amides is 2. The minimum atomic E-state index is -4.08. The number of aromatic hydroxyl groups is 1. The first-order valence-corrected chi connectivity index (χ1v) is 13.6. The monoisotopic (exact) mass is 545 g/mol. The summed E-state index contributed by atoms with van der Waals surface area (Å²) >= 11 is 6.57. The van der Waals surface area contributed by atoms with Gasteiger partial charge in [0.2, 0.25) is 5.88 Å². The lowest BCUT2D eigenvalue weighted by Gasteiger charge is -2.12. The van der Waals surface area contributed by atoms with Gasteiger partial charge in [0.1, 0.15) is 10.0 Å². The molecule has 3 aromatic heterocycles. The average Bonchev–Trinajstić information content (AvgIpc) is 3.55. The second-order valence-corrected chi connectivity index (χ2v) is 11.9. The number of nitrogens with one attached hydrogen (secondary N) is 3. The molecule has 3 heterocycles. The van der Waals surface area contributed by atoms with Crippen LogP contribution >= 0.6 is 22.9 Å². The number of anilines is 2. The number of halogens is 1. The van der Waals surface area contributed by atoms with E-state index in [1.807, 2.05) is 16.9 Å². The number of aromatic nitrogens is 2. The number of rotatable bonds is 7. The van der Waals surface area contributed by atoms with Crippen molar-refractivity contribution in [3.8, 4) is 11.7 Å². The molecule has 1 aliphatic carbocycles. The van der Waals surface area contributed by atoms with Gasteiger partial charge in [-0.3, -0.25) is 4.79 Å². The number of benzene rings is 1. The van der Waals surface area contributed by atoms with Crippen LogP contribution in [0.25, 0.3) is 16.6 Å². The Morgan fingerprint density at radius 2 is 1.92 bits per heavy atom.